The van der Waals surface area contributed by atoms with Crippen LogP contribution >= 0.6 is 0 Å². The van der Waals surface area contributed by atoms with Crippen LogP contribution in [-0.4, -0.2) is 93.0 Å². The van der Waals surface area contributed by atoms with Crippen LogP contribution in [0.15, 0.2) is 11.6 Å². The quantitative estimate of drug-likeness (QED) is 0.221. The molecule has 11 atom stereocenters. The van der Waals surface area contributed by atoms with E-state index in [9.17, 15) is 39.3 Å². The van der Waals surface area contributed by atoms with Gasteiger partial charge < -0.3 is 39.0 Å². The van der Waals surface area contributed by atoms with Crippen LogP contribution < -0.4 is 0 Å². The maximum absolute atomic E-state index is 13.0. The van der Waals surface area contributed by atoms with Gasteiger partial charge in [-0.1, -0.05) is 26.3 Å². The van der Waals surface area contributed by atoms with Crippen LogP contribution in [0.25, 0.3) is 0 Å². The molecule has 3 rings (SSSR count). The molecule has 3 aliphatic rings. The molecule has 0 radical (unpaired) electrons. The minimum Gasteiger partial charge on any atom is -0.462 e. The van der Waals surface area contributed by atoms with Gasteiger partial charge in [-0.05, 0) is 32.3 Å². The Hall–Kier alpha value is -3.03. The summed E-state index contributed by atoms with van der Waals surface area (Å²) in [5, 5.41) is 35.2. The Kier molecular flexibility index (Phi) is 10.0. The van der Waals surface area contributed by atoms with Crippen LogP contribution in [0.3, 0.4) is 0 Å². The van der Waals surface area contributed by atoms with Crippen molar-refractivity contribution < 1.29 is 63.0 Å². The van der Waals surface area contributed by atoms with Gasteiger partial charge >= 0.3 is 29.8 Å². The number of rotatable bonds is 6. The predicted molar refractivity (Wildman–Crippen MR) is 147 cm³/mol. The Balaban J connectivity index is 2.48. The van der Waals surface area contributed by atoms with Crippen molar-refractivity contribution in [3.05, 3.63) is 11.6 Å². The summed E-state index contributed by atoms with van der Waals surface area (Å²) in [5.41, 5.74) is -6.51. The maximum atomic E-state index is 13.0. The fourth-order valence-electron chi connectivity index (χ4n) is 7.10. The van der Waals surface area contributed by atoms with Gasteiger partial charge in [-0.3, -0.25) is 19.2 Å². The smallest absolute Gasteiger partial charge is 0.341 e. The second-order valence-electron chi connectivity index (χ2n) is 12.4. The average Bonchev–Trinajstić information content (AvgIpc) is 3.03. The van der Waals surface area contributed by atoms with Crippen molar-refractivity contribution in [2.24, 2.45) is 17.3 Å². The van der Waals surface area contributed by atoms with E-state index in [4.69, 9.17) is 23.7 Å². The molecule has 1 saturated heterocycles. The molecule has 13 nitrogen and oxygen atoms in total. The summed E-state index contributed by atoms with van der Waals surface area (Å²) in [7, 11) is 0. The van der Waals surface area contributed by atoms with E-state index in [1.165, 1.54) is 6.08 Å². The van der Waals surface area contributed by atoms with E-state index in [-0.39, 0.29) is 19.3 Å². The number of carbonyl (C=O) groups is 5. The molecule has 0 aromatic carbocycles. The molecule has 0 aromatic rings. The molecule has 0 aromatic heterocycles. The molecular formula is C30H44O13. The Morgan fingerprint density at radius 3 is 2.07 bits per heavy atom. The highest BCUT2D eigenvalue weighted by atomic mass is 16.6. The lowest BCUT2D eigenvalue weighted by atomic mass is 9.52. The molecule has 0 spiro atoms. The Labute approximate surface area is 250 Å². The fraction of sp³-hybridized carbons (Fsp3) is 0.767. The van der Waals surface area contributed by atoms with Gasteiger partial charge in [-0.25, -0.2) is 4.79 Å². The molecule has 2 aliphatic carbocycles. The van der Waals surface area contributed by atoms with Crippen molar-refractivity contribution in [2.75, 3.05) is 0 Å². The van der Waals surface area contributed by atoms with E-state index in [1.54, 1.807) is 27.7 Å². The second-order valence-corrected chi connectivity index (χ2v) is 12.4. The Bertz CT molecular complexity index is 1160. The van der Waals surface area contributed by atoms with Crippen molar-refractivity contribution in [3.8, 4) is 0 Å². The van der Waals surface area contributed by atoms with Gasteiger partial charge in [0.2, 0.25) is 0 Å². The monoisotopic (exact) mass is 612 g/mol. The largest absolute Gasteiger partial charge is 0.462 e. The fourth-order valence-corrected chi connectivity index (χ4v) is 7.10. The zero-order valence-corrected chi connectivity index (χ0v) is 25.9. The summed E-state index contributed by atoms with van der Waals surface area (Å²) in [4.78, 5) is 63.7. The van der Waals surface area contributed by atoms with Gasteiger partial charge in [0.1, 0.15) is 24.4 Å². The zero-order valence-electron chi connectivity index (χ0n) is 25.9. The van der Waals surface area contributed by atoms with Gasteiger partial charge in [-0.15, -0.1) is 0 Å². The standard InChI is InChI=1S/C30H44O13/c1-9-10-23(35)42-20-11-14(2)12-22-30(38,29(8,37)27(36)43-22)26(41-18(6)33)24-15(3)19(34)13-21(39-16(4)31)28(24,7)25(20)40-17(5)32/h12,15,19-22,24-26,34,37-38H,9-11,13H2,1-8H3/b14-12-/t15-,19-,20-,21-,22-,24+,25-,26-,28-,29-,30-/m0/s1. The highest BCUT2D eigenvalue weighted by Gasteiger charge is 2.74. The van der Waals surface area contributed by atoms with Crippen molar-refractivity contribution >= 4 is 29.8 Å². The van der Waals surface area contributed by atoms with Crippen LogP contribution in [0.5, 0.6) is 0 Å². The number of aliphatic hydroxyl groups is 3. The third-order valence-corrected chi connectivity index (χ3v) is 9.19. The van der Waals surface area contributed by atoms with Crippen molar-refractivity contribution in [1.82, 2.24) is 0 Å². The number of hydrogen-bond donors (Lipinski definition) is 3. The summed E-state index contributed by atoms with van der Waals surface area (Å²) in [5.74, 6) is -6.39. The first-order chi connectivity index (χ1) is 19.8. The van der Waals surface area contributed by atoms with E-state index in [2.05, 4.69) is 0 Å². The molecule has 1 aliphatic heterocycles. The second kappa shape index (κ2) is 12.5. The number of esters is 5. The van der Waals surface area contributed by atoms with Gasteiger partial charge in [0.15, 0.2) is 17.3 Å². The molecule has 242 valence electrons. The zero-order chi connectivity index (χ0) is 32.7. The Morgan fingerprint density at radius 1 is 0.977 bits per heavy atom. The molecule has 0 amide bonds. The summed E-state index contributed by atoms with van der Waals surface area (Å²) < 4.78 is 28.8. The van der Waals surface area contributed by atoms with E-state index < -0.39 is 94.9 Å². The lowest BCUT2D eigenvalue weighted by molar-refractivity contribution is -0.272. The van der Waals surface area contributed by atoms with Crippen LogP contribution in [0, 0.1) is 17.3 Å². The van der Waals surface area contributed by atoms with Gasteiger partial charge in [0, 0.05) is 46.0 Å². The van der Waals surface area contributed by atoms with Gasteiger partial charge in [0.25, 0.3) is 0 Å². The number of aliphatic hydroxyl groups excluding tert-OH is 1. The van der Waals surface area contributed by atoms with Crippen LogP contribution in [0.2, 0.25) is 0 Å². The van der Waals surface area contributed by atoms with Crippen molar-refractivity contribution in [2.45, 2.75) is 129 Å². The van der Waals surface area contributed by atoms with Crippen molar-refractivity contribution in [1.29, 1.82) is 0 Å². The lowest BCUT2D eigenvalue weighted by Crippen LogP contribution is -2.73. The summed E-state index contributed by atoms with van der Waals surface area (Å²) in [6, 6.07) is 0. The van der Waals surface area contributed by atoms with Crippen LogP contribution in [0.1, 0.15) is 81.1 Å². The summed E-state index contributed by atoms with van der Waals surface area (Å²) in [6.07, 6.45) is -6.77. The molecule has 0 unspecified atom stereocenters. The molecule has 43 heavy (non-hydrogen) atoms. The molecule has 13 heteroatoms. The van der Waals surface area contributed by atoms with E-state index >= 15 is 0 Å². The Morgan fingerprint density at radius 2 is 1.53 bits per heavy atom. The minimum atomic E-state index is -2.64. The summed E-state index contributed by atoms with van der Waals surface area (Å²) in [6.45, 7) is 10.9. The molecule has 1 heterocycles. The van der Waals surface area contributed by atoms with Gasteiger partial charge in [0.05, 0.1) is 11.5 Å². The van der Waals surface area contributed by atoms with Crippen LogP contribution in [-0.2, 0) is 47.7 Å². The maximum Gasteiger partial charge on any atom is 0.341 e. The first-order valence-electron chi connectivity index (χ1n) is 14.5. The first kappa shape index (κ1) is 34.5. The number of hydrogen-bond acceptors (Lipinski definition) is 13. The number of ether oxygens (including phenoxy) is 5. The van der Waals surface area contributed by atoms with Crippen LogP contribution in [0.4, 0.5) is 0 Å². The minimum absolute atomic E-state index is 0.0492. The average molecular weight is 613 g/mol. The topological polar surface area (TPSA) is 192 Å². The molecule has 3 N–H and O–H groups in total. The highest BCUT2D eigenvalue weighted by Crippen LogP contribution is 2.57. The predicted octanol–water partition coefficient (Wildman–Crippen LogP) is 1.27. The van der Waals surface area contributed by atoms with Gasteiger partial charge in [-0.2, -0.15) is 0 Å². The number of carbonyl (C=O) groups excluding carboxylic acids is 5. The molecule has 0 bridgehead atoms. The normalized spacial score (nSPS) is 42.2. The molecule has 2 fully saturated rings. The van der Waals surface area contributed by atoms with E-state index in [0.29, 0.717) is 12.0 Å². The van der Waals surface area contributed by atoms with Crippen molar-refractivity contribution in [3.63, 3.8) is 0 Å². The highest BCUT2D eigenvalue weighted by molar-refractivity contribution is 5.84. The third-order valence-electron chi connectivity index (χ3n) is 9.19. The SMILES string of the molecule is CCCC(=O)O[C@H]1C/C(C)=C\[C@@H]2OC(=O)[C@](C)(O)[C@@]2(O)[C@@H](OC(C)=O)[C@H]2[C@@H](C)[C@@H](O)C[C@H](OC(C)=O)[C@]2(C)[C@H]1OC(C)=O. The third kappa shape index (κ3) is 6.16. The van der Waals surface area contributed by atoms with E-state index in [1.807, 2.05) is 0 Å². The first-order valence-corrected chi connectivity index (χ1v) is 14.5. The number of fused-ring (bicyclic) bond motifs is 2. The van der Waals surface area contributed by atoms with E-state index in [0.717, 1.165) is 27.7 Å². The lowest BCUT2D eigenvalue weighted by Gasteiger charge is -2.59. The molecular weight excluding hydrogens is 568 g/mol. The summed E-state index contributed by atoms with van der Waals surface area (Å²) >= 11 is 0. The molecule has 1 saturated carbocycles.